The molecule has 0 fully saturated rings. The van der Waals surface area contributed by atoms with E-state index in [0.29, 0.717) is 0 Å². The zero-order valence-corrected chi connectivity index (χ0v) is 28.3. The molecule has 0 saturated carbocycles. The number of hydrogen-bond acceptors (Lipinski definition) is 1. The van der Waals surface area contributed by atoms with E-state index in [1.807, 2.05) is 0 Å². The highest BCUT2D eigenvalue weighted by atomic mass is 15.1. The molecule has 50 heavy (non-hydrogen) atoms. The van der Waals surface area contributed by atoms with Crippen molar-refractivity contribution in [2.45, 2.75) is 19.3 Å². The second kappa shape index (κ2) is 12.1. The van der Waals surface area contributed by atoms with Crippen LogP contribution in [-0.4, -0.2) is 0 Å². The smallest absolute Gasteiger partial charge is 0.0540 e. The number of anilines is 3. The van der Waals surface area contributed by atoms with Gasteiger partial charge in [-0.1, -0.05) is 178 Å². The summed E-state index contributed by atoms with van der Waals surface area (Å²) in [7, 11) is 0. The van der Waals surface area contributed by atoms with Gasteiger partial charge in [0.1, 0.15) is 0 Å². The van der Waals surface area contributed by atoms with Gasteiger partial charge in [0.2, 0.25) is 0 Å². The fraction of sp³-hybridized carbons (Fsp3) is 0.0612. The summed E-state index contributed by atoms with van der Waals surface area (Å²) < 4.78 is 0. The summed E-state index contributed by atoms with van der Waals surface area (Å²) in [5, 5.41) is 2.49. The lowest BCUT2D eigenvalue weighted by atomic mass is 9.82. The van der Waals surface area contributed by atoms with Gasteiger partial charge in [-0.15, -0.1) is 0 Å². The Hall–Kier alpha value is -6.18. The number of benzene rings is 8. The van der Waals surface area contributed by atoms with Crippen LogP contribution in [0.25, 0.3) is 55.3 Å². The number of nitrogens with zero attached hydrogens (tertiary/aromatic N) is 1. The van der Waals surface area contributed by atoms with Crippen molar-refractivity contribution < 1.29 is 0 Å². The molecule has 0 bridgehead atoms. The van der Waals surface area contributed by atoms with E-state index in [-0.39, 0.29) is 5.41 Å². The van der Waals surface area contributed by atoms with Gasteiger partial charge in [0.25, 0.3) is 0 Å². The van der Waals surface area contributed by atoms with Crippen molar-refractivity contribution in [2.24, 2.45) is 0 Å². The minimum absolute atomic E-state index is 0.119. The van der Waals surface area contributed by atoms with Gasteiger partial charge in [-0.25, -0.2) is 0 Å². The topological polar surface area (TPSA) is 3.24 Å². The molecule has 9 rings (SSSR count). The van der Waals surface area contributed by atoms with Crippen LogP contribution in [0.4, 0.5) is 17.1 Å². The van der Waals surface area contributed by atoms with E-state index in [4.69, 9.17) is 0 Å². The molecule has 1 aliphatic carbocycles. The monoisotopic (exact) mass is 639 g/mol. The Balaban J connectivity index is 1.32. The Kier molecular flexibility index (Phi) is 7.21. The molecule has 0 spiro atoms. The van der Waals surface area contributed by atoms with E-state index in [1.54, 1.807) is 0 Å². The fourth-order valence-electron chi connectivity index (χ4n) is 8.09. The average Bonchev–Trinajstić information content (AvgIpc) is 3.41. The minimum Gasteiger partial charge on any atom is -0.309 e. The lowest BCUT2D eigenvalue weighted by Gasteiger charge is -2.31. The van der Waals surface area contributed by atoms with Crippen LogP contribution < -0.4 is 4.90 Å². The first-order valence-electron chi connectivity index (χ1n) is 17.5. The van der Waals surface area contributed by atoms with Gasteiger partial charge in [0.05, 0.1) is 11.4 Å². The third-order valence-corrected chi connectivity index (χ3v) is 10.5. The summed E-state index contributed by atoms with van der Waals surface area (Å²) in [5.41, 5.74) is 15.9. The Labute approximate surface area is 294 Å². The van der Waals surface area contributed by atoms with E-state index in [2.05, 4.69) is 207 Å². The van der Waals surface area contributed by atoms with Gasteiger partial charge < -0.3 is 4.90 Å². The number of para-hydroxylation sites is 2. The van der Waals surface area contributed by atoms with E-state index in [9.17, 15) is 0 Å². The first-order valence-corrected chi connectivity index (χ1v) is 17.5. The van der Waals surface area contributed by atoms with Crippen LogP contribution in [0.3, 0.4) is 0 Å². The predicted octanol–water partition coefficient (Wildman–Crippen LogP) is 13.6. The molecule has 0 unspecified atom stereocenters. The van der Waals surface area contributed by atoms with Crippen LogP contribution in [0.1, 0.15) is 25.0 Å². The summed E-state index contributed by atoms with van der Waals surface area (Å²) in [6.07, 6.45) is 0. The Morgan fingerprint density at radius 1 is 0.360 bits per heavy atom. The quantitative estimate of drug-likeness (QED) is 0.175. The molecule has 8 aromatic carbocycles. The zero-order chi connectivity index (χ0) is 33.7. The predicted molar refractivity (Wildman–Crippen MR) is 213 cm³/mol. The van der Waals surface area contributed by atoms with Crippen LogP contribution in [0.5, 0.6) is 0 Å². The van der Waals surface area contributed by atoms with Crippen molar-refractivity contribution >= 4 is 27.8 Å². The standard InChI is InChI=1S/C49H37N/c1-49(2)44-28-12-9-24-40(44)41-32-31-37(33-45(41)49)50(46-29-13-10-23-38(46)34-17-5-3-6-18-34)47-30-14-11-25-42(47)43-27-16-22-36-21-15-26-39(48(36)43)35-19-7-4-8-20-35/h3-33H,1-2H3. The van der Waals surface area contributed by atoms with Gasteiger partial charge in [0, 0.05) is 22.2 Å². The molecule has 0 atom stereocenters. The molecule has 0 N–H and O–H groups in total. The van der Waals surface area contributed by atoms with E-state index in [1.165, 1.54) is 66.4 Å². The van der Waals surface area contributed by atoms with Crippen LogP contribution in [0.2, 0.25) is 0 Å². The molecular weight excluding hydrogens is 603 g/mol. The van der Waals surface area contributed by atoms with Crippen LogP contribution in [0.15, 0.2) is 188 Å². The number of rotatable bonds is 6. The van der Waals surface area contributed by atoms with E-state index < -0.39 is 0 Å². The Bertz CT molecular complexity index is 2500. The minimum atomic E-state index is -0.119. The van der Waals surface area contributed by atoms with Gasteiger partial charge in [-0.05, 0) is 79.5 Å². The lowest BCUT2D eigenvalue weighted by molar-refractivity contribution is 0.660. The highest BCUT2D eigenvalue weighted by molar-refractivity contribution is 6.09. The Morgan fingerprint density at radius 2 is 0.860 bits per heavy atom. The lowest BCUT2D eigenvalue weighted by Crippen LogP contribution is -2.17. The molecule has 0 aromatic heterocycles. The summed E-state index contributed by atoms with van der Waals surface area (Å²) >= 11 is 0. The molecule has 0 heterocycles. The second-order valence-electron chi connectivity index (χ2n) is 13.7. The maximum atomic E-state index is 2.49. The first kappa shape index (κ1) is 29.9. The maximum absolute atomic E-state index is 2.49. The maximum Gasteiger partial charge on any atom is 0.0540 e. The van der Waals surface area contributed by atoms with Crippen LogP contribution >= 0.6 is 0 Å². The molecule has 1 nitrogen and oxygen atoms in total. The SMILES string of the molecule is CC1(C)c2ccccc2-c2ccc(N(c3ccccc3-c3ccccc3)c3ccccc3-c3cccc4cccc(-c5ccccc5)c34)cc21. The second-order valence-corrected chi connectivity index (χ2v) is 13.7. The molecular formula is C49H37N. The average molecular weight is 640 g/mol. The van der Waals surface area contributed by atoms with Gasteiger partial charge >= 0.3 is 0 Å². The largest absolute Gasteiger partial charge is 0.309 e. The summed E-state index contributed by atoms with van der Waals surface area (Å²) in [5.74, 6) is 0. The van der Waals surface area contributed by atoms with Crippen molar-refractivity contribution in [1.82, 2.24) is 0 Å². The van der Waals surface area contributed by atoms with Crippen LogP contribution in [-0.2, 0) is 5.41 Å². The van der Waals surface area contributed by atoms with Crippen molar-refractivity contribution in [2.75, 3.05) is 4.90 Å². The summed E-state index contributed by atoms with van der Waals surface area (Å²) in [6.45, 7) is 4.72. The van der Waals surface area contributed by atoms with E-state index in [0.717, 1.165) is 17.1 Å². The van der Waals surface area contributed by atoms with Crippen LogP contribution in [0, 0.1) is 0 Å². The fourth-order valence-corrected chi connectivity index (χ4v) is 8.09. The van der Waals surface area contributed by atoms with Crippen molar-refractivity contribution in [3.05, 3.63) is 199 Å². The Morgan fingerprint density at radius 3 is 1.56 bits per heavy atom. The highest BCUT2D eigenvalue weighted by Crippen LogP contribution is 2.52. The molecule has 0 saturated heterocycles. The van der Waals surface area contributed by atoms with Gasteiger partial charge in [-0.2, -0.15) is 0 Å². The molecule has 1 heteroatoms. The zero-order valence-electron chi connectivity index (χ0n) is 28.3. The molecule has 0 aliphatic heterocycles. The van der Waals surface area contributed by atoms with Crippen molar-refractivity contribution in [3.8, 4) is 44.5 Å². The van der Waals surface area contributed by atoms with Crippen molar-refractivity contribution in [1.29, 1.82) is 0 Å². The van der Waals surface area contributed by atoms with Gasteiger partial charge in [0.15, 0.2) is 0 Å². The third kappa shape index (κ3) is 4.85. The van der Waals surface area contributed by atoms with Gasteiger partial charge in [-0.3, -0.25) is 0 Å². The number of hydrogen-bond donors (Lipinski definition) is 0. The molecule has 0 radical (unpaired) electrons. The molecule has 8 aromatic rings. The van der Waals surface area contributed by atoms with E-state index >= 15 is 0 Å². The third-order valence-electron chi connectivity index (χ3n) is 10.5. The highest BCUT2D eigenvalue weighted by Gasteiger charge is 2.36. The summed E-state index contributed by atoms with van der Waals surface area (Å²) in [4.78, 5) is 2.49. The molecule has 0 amide bonds. The normalized spacial score (nSPS) is 12.8. The first-order chi connectivity index (χ1) is 24.6. The molecule has 1 aliphatic rings. The number of fused-ring (bicyclic) bond motifs is 4. The molecule has 238 valence electrons. The van der Waals surface area contributed by atoms with Crippen molar-refractivity contribution in [3.63, 3.8) is 0 Å². The summed E-state index contributed by atoms with van der Waals surface area (Å²) in [6, 6.07) is 68.6.